The quantitative estimate of drug-likeness (QED) is 0.413. The van der Waals surface area contributed by atoms with Crippen molar-refractivity contribution in [3.63, 3.8) is 0 Å². The third-order valence-corrected chi connectivity index (χ3v) is 6.22. The highest BCUT2D eigenvalue weighted by molar-refractivity contribution is 9.10. The van der Waals surface area contributed by atoms with Gasteiger partial charge in [0.05, 0.1) is 11.1 Å². The predicted molar refractivity (Wildman–Crippen MR) is 135 cm³/mol. The van der Waals surface area contributed by atoms with Crippen molar-refractivity contribution in [3.05, 3.63) is 128 Å². The zero-order chi connectivity index (χ0) is 21.2. The summed E-state index contributed by atoms with van der Waals surface area (Å²) in [5.41, 5.74) is 6.72. The highest BCUT2D eigenvalue weighted by Gasteiger charge is 2.18. The van der Waals surface area contributed by atoms with E-state index >= 15 is 0 Å². The lowest BCUT2D eigenvalue weighted by Gasteiger charge is -2.18. The molecular formula is C27H18Br2NO+. The molecule has 0 saturated heterocycles. The number of halogens is 2. The Bertz CT molecular complexity index is 1290. The van der Waals surface area contributed by atoms with Gasteiger partial charge in [0.15, 0.2) is 6.21 Å². The number of ether oxygens (including phenoxy) is 1. The minimum absolute atomic E-state index is 0.795. The predicted octanol–water partition coefficient (Wildman–Crippen LogP) is 6.43. The van der Waals surface area contributed by atoms with Gasteiger partial charge in [-0.2, -0.15) is 0 Å². The average molecular weight is 532 g/mol. The van der Waals surface area contributed by atoms with Crippen molar-refractivity contribution >= 4 is 60.7 Å². The van der Waals surface area contributed by atoms with Crippen LogP contribution in [0.5, 0.6) is 0 Å². The number of rotatable bonds is 3. The molecule has 0 amide bonds. The molecule has 3 aromatic rings. The second kappa shape index (κ2) is 8.66. The minimum atomic E-state index is 0.795. The molecule has 0 aromatic heterocycles. The highest BCUT2D eigenvalue weighted by Crippen LogP contribution is 2.33. The fraction of sp³-hybridized carbons (Fsp3) is 0. The van der Waals surface area contributed by atoms with E-state index in [0.717, 1.165) is 48.4 Å². The first kappa shape index (κ1) is 20.0. The Morgan fingerprint density at radius 1 is 0.710 bits per heavy atom. The van der Waals surface area contributed by atoms with E-state index in [4.69, 9.17) is 4.74 Å². The summed E-state index contributed by atoms with van der Waals surface area (Å²) >= 11 is 7.03. The number of nitrogens with one attached hydrogen (secondary N) is 1. The molecule has 4 heteroatoms. The molecular weight excluding hydrogens is 514 g/mol. The van der Waals surface area contributed by atoms with E-state index in [0.29, 0.717) is 0 Å². The number of para-hydroxylation sites is 1. The van der Waals surface area contributed by atoms with Crippen LogP contribution in [0, 0.1) is 0 Å². The topological polar surface area (TPSA) is 23.2 Å². The molecule has 0 aliphatic carbocycles. The average Bonchev–Trinajstić information content (AvgIpc) is 3.22. The van der Waals surface area contributed by atoms with Gasteiger partial charge >= 0.3 is 0 Å². The van der Waals surface area contributed by atoms with Gasteiger partial charge < -0.3 is 4.74 Å². The molecule has 0 fully saturated rings. The van der Waals surface area contributed by atoms with Gasteiger partial charge in [-0.05, 0) is 65.8 Å². The van der Waals surface area contributed by atoms with Crippen molar-refractivity contribution in [1.29, 1.82) is 0 Å². The highest BCUT2D eigenvalue weighted by atomic mass is 79.9. The number of allylic oxidation sites excluding steroid dienone is 6. The molecule has 0 saturated carbocycles. The molecule has 0 bridgehead atoms. The smallest absolute Gasteiger partial charge is 0.211 e. The third-order valence-electron chi connectivity index (χ3n) is 5.17. The Hall–Kier alpha value is -2.95. The lowest BCUT2D eigenvalue weighted by molar-refractivity contribution is -0.342. The van der Waals surface area contributed by atoms with Crippen LogP contribution in [0.2, 0.25) is 0 Å². The number of benzene rings is 3. The lowest BCUT2D eigenvalue weighted by Crippen LogP contribution is -2.58. The summed E-state index contributed by atoms with van der Waals surface area (Å²) in [5, 5.41) is 0. The number of hydrogen-bond acceptors (Lipinski definition) is 1. The van der Waals surface area contributed by atoms with E-state index < -0.39 is 0 Å². The van der Waals surface area contributed by atoms with Crippen molar-refractivity contribution in [2.45, 2.75) is 0 Å². The van der Waals surface area contributed by atoms with Crippen LogP contribution in [-0.4, -0.2) is 6.21 Å². The second-order valence-corrected chi connectivity index (χ2v) is 9.08. The third kappa shape index (κ3) is 4.41. The Kier molecular flexibility index (Phi) is 5.58. The SMILES string of the molecule is Brc1ccc(C2=C/C(=C\C=C3/C=[NH+]c4ccccc43)OC(c3ccc(Br)cc3)=C2)cc1. The maximum absolute atomic E-state index is 6.28. The molecule has 1 N–H and O–H groups in total. The Labute approximate surface area is 198 Å². The van der Waals surface area contributed by atoms with Gasteiger partial charge in [-0.25, -0.2) is 4.99 Å². The normalized spacial score (nSPS) is 17.4. The van der Waals surface area contributed by atoms with E-state index in [1.807, 2.05) is 30.5 Å². The van der Waals surface area contributed by atoms with Crippen molar-refractivity contribution in [3.8, 4) is 0 Å². The van der Waals surface area contributed by atoms with Gasteiger partial charge in [0.2, 0.25) is 5.69 Å². The van der Waals surface area contributed by atoms with E-state index in [-0.39, 0.29) is 0 Å². The van der Waals surface area contributed by atoms with Gasteiger partial charge in [0.25, 0.3) is 0 Å². The fourth-order valence-electron chi connectivity index (χ4n) is 3.57. The van der Waals surface area contributed by atoms with E-state index in [2.05, 4.69) is 110 Å². The first-order valence-corrected chi connectivity index (χ1v) is 11.5. The molecule has 31 heavy (non-hydrogen) atoms. The van der Waals surface area contributed by atoms with Crippen molar-refractivity contribution in [1.82, 2.24) is 0 Å². The molecule has 5 rings (SSSR count). The Morgan fingerprint density at radius 2 is 1.39 bits per heavy atom. The molecule has 3 aromatic carbocycles. The largest absolute Gasteiger partial charge is 0.457 e. The van der Waals surface area contributed by atoms with Gasteiger partial charge in [0.1, 0.15) is 11.5 Å². The molecule has 0 atom stereocenters. The summed E-state index contributed by atoms with van der Waals surface area (Å²) in [4.78, 5) is 3.32. The zero-order valence-electron chi connectivity index (χ0n) is 16.5. The number of hydrogen-bond donors (Lipinski definition) is 1. The van der Waals surface area contributed by atoms with Crippen LogP contribution < -0.4 is 4.99 Å². The van der Waals surface area contributed by atoms with Gasteiger partial charge in [-0.1, -0.05) is 68.3 Å². The van der Waals surface area contributed by atoms with Crippen LogP contribution in [0.25, 0.3) is 16.9 Å². The van der Waals surface area contributed by atoms with Crippen LogP contribution in [-0.2, 0) is 4.74 Å². The Balaban J connectivity index is 1.54. The van der Waals surface area contributed by atoms with Crippen molar-refractivity contribution in [2.75, 3.05) is 0 Å². The molecule has 0 unspecified atom stereocenters. The van der Waals surface area contributed by atoms with Crippen LogP contribution in [0.4, 0.5) is 5.69 Å². The van der Waals surface area contributed by atoms with E-state index in [1.165, 1.54) is 5.56 Å². The molecule has 2 aliphatic rings. The zero-order valence-corrected chi connectivity index (χ0v) is 19.7. The lowest BCUT2D eigenvalue weighted by atomic mass is 10.0. The minimum Gasteiger partial charge on any atom is -0.457 e. The summed E-state index contributed by atoms with van der Waals surface area (Å²) < 4.78 is 8.38. The summed E-state index contributed by atoms with van der Waals surface area (Å²) in [6, 6.07) is 24.8. The maximum atomic E-state index is 6.28. The maximum Gasteiger partial charge on any atom is 0.211 e. The van der Waals surface area contributed by atoms with Crippen molar-refractivity contribution < 1.29 is 9.73 Å². The summed E-state index contributed by atoms with van der Waals surface area (Å²) in [6.07, 6.45) is 10.3. The van der Waals surface area contributed by atoms with Crippen LogP contribution >= 0.6 is 31.9 Å². The van der Waals surface area contributed by atoms with Crippen LogP contribution in [0.3, 0.4) is 0 Å². The summed E-state index contributed by atoms with van der Waals surface area (Å²) in [5.74, 6) is 1.62. The monoisotopic (exact) mass is 530 g/mol. The molecule has 150 valence electrons. The summed E-state index contributed by atoms with van der Waals surface area (Å²) in [6.45, 7) is 0. The second-order valence-electron chi connectivity index (χ2n) is 7.25. The fourth-order valence-corrected chi connectivity index (χ4v) is 4.10. The Morgan fingerprint density at radius 3 is 2.13 bits per heavy atom. The van der Waals surface area contributed by atoms with E-state index in [1.54, 1.807) is 0 Å². The first-order chi connectivity index (χ1) is 15.2. The van der Waals surface area contributed by atoms with Crippen molar-refractivity contribution in [2.24, 2.45) is 0 Å². The van der Waals surface area contributed by atoms with E-state index in [9.17, 15) is 0 Å². The molecule has 0 radical (unpaired) electrons. The molecule has 2 heterocycles. The van der Waals surface area contributed by atoms with Crippen LogP contribution in [0.15, 0.2) is 112 Å². The number of fused-ring (bicyclic) bond motifs is 1. The molecule has 2 nitrogen and oxygen atoms in total. The molecule has 2 aliphatic heterocycles. The first-order valence-electron chi connectivity index (χ1n) is 9.90. The standard InChI is InChI=1S/C27H17Br2NO/c28-22-10-5-18(6-11-22)21-15-24(31-27(16-21)19-7-12-23(29)13-8-19)14-9-20-17-30-26-4-2-1-3-25(20)26/h1-17H/p+1/b20-9+,24-14+. The van der Waals surface area contributed by atoms with Gasteiger partial charge in [-0.3, -0.25) is 0 Å². The van der Waals surface area contributed by atoms with Crippen LogP contribution in [0.1, 0.15) is 16.7 Å². The molecule has 0 spiro atoms. The van der Waals surface area contributed by atoms with Gasteiger partial charge in [-0.15, -0.1) is 0 Å². The van der Waals surface area contributed by atoms with Gasteiger partial charge in [0, 0.05) is 20.6 Å². The summed E-state index contributed by atoms with van der Waals surface area (Å²) in [7, 11) is 0.